The van der Waals surface area contributed by atoms with Crippen molar-refractivity contribution in [1.29, 1.82) is 0 Å². The van der Waals surface area contributed by atoms with Crippen LogP contribution in [0.1, 0.15) is 29.7 Å². The molecule has 0 saturated carbocycles. The van der Waals surface area contributed by atoms with Crippen LogP contribution in [0.4, 0.5) is 0 Å². The van der Waals surface area contributed by atoms with E-state index in [1.807, 2.05) is 78.9 Å². The van der Waals surface area contributed by atoms with E-state index in [2.05, 4.69) is 24.0 Å². The number of fused-ring (bicyclic) bond motifs is 1. The first-order valence-corrected chi connectivity index (χ1v) is 13.0. The third-order valence-electron chi connectivity index (χ3n) is 7.59. The summed E-state index contributed by atoms with van der Waals surface area (Å²) >= 11 is 0. The van der Waals surface area contributed by atoms with Crippen LogP contribution in [-0.4, -0.2) is 43.0 Å². The second-order valence-electron chi connectivity index (χ2n) is 9.37. The second-order valence-corrected chi connectivity index (χ2v) is 11.5. The molecule has 3 atom stereocenters. The van der Waals surface area contributed by atoms with Crippen molar-refractivity contribution in [2.45, 2.75) is 18.6 Å². The molecule has 2 aliphatic rings. The van der Waals surface area contributed by atoms with Gasteiger partial charge in [-0.1, -0.05) is 91.0 Å². The summed E-state index contributed by atoms with van der Waals surface area (Å²) in [7, 11) is -3.26. The fourth-order valence-corrected chi connectivity index (χ4v) is 8.48. The lowest BCUT2D eigenvalue weighted by Crippen LogP contribution is -2.52. The van der Waals surface area contributed by atoms with Gasteiger partial charge in [-0.15, -0.1) is 0 Å². The van der Waals surface area contributed by atoms with E-state index in [9.17, 15) is 13.5 Å². The highest BCUT2D eigenvalue weighted by molar-refractivity contribution is 7.91. The molecule has 0 unspecified atom stereocenters. The molecule has 0 aromatic heterocycles. The van der Waals surface area contributed by atoms with Crippen LogP contribution in [0.15, 0.2) is 91.0 Å². The SMILES string of the molecule is C[C@H](c1ccccc1)N1C[C@@H]2CS(=O)(=O)C[C@]2(C(O)(c2ccccc2)c2ccccc2)C1. The Hall–Kier alpha value is -2.47. The van der Waals surface area contributed by atoms with Crippen LogP contribution < -0.4 is 0 Å². The van der Waals surface area contributed by atoms with Gasteiger partial charge in [0, 0.05) is 24.5 Å². The minimum atomic E-state index is -3.26. The van der Waals surface area contributed by atoms with Crippen molar-refractivity contribution in [1.82, 2.24) is 4.90 Å². The Morgan fingerprint density at radius 2 is 1.41 bits per heavy atom. The van der Waals surface area contributed by atoms with Crippen molar-refractivity contribution >= 4 is 9.84 Å². The molecule has 1 N–H and O–H groups in total. The third kappa shape index (κ3) is 3.31. The maximum atomic E-state index is 13.0. The highest BCUT2D eigenvalue weighted by Crippen LogP contribution is 2.58. The predicted octanol–water partition coefficient (Wildman–Crippen LogP) is 4.03. The lowest BCUT2D eigenvalue weighted by molar-refractivity contribution is -0.0539. The van der Waals surface area contributed by atoms with Crippen LogP contribution in [-0.2, 0) is 15.4 Å². The Morgan fingerprint density at radius 3 is 1.94 bits per heavy atom. The predicted molar refractivity (Wildman–Crippen MR) is 127 cm³/mol. The second kappa shape index (κ2) is 7.84. The van der Waals surface area contributed by atoms with Crippen LogP contribution in [0.25, 0.3) is 0 Å². The molecule has 5 rings (SSSR count). The first kappa shape index (κ1) is 21.4. The molecule has 0 radical (unpaired) electrons. The molecule has 2 heterocycles. The monoisotopic (exact) mass is 447 g/mol. The molecule has 32 heavy (non-hydrogen) atoms. The summed E-state index contributed by atoms with van der Waals surface area (Å²) in [5.41, 5.74) is 0.477. The van der Waals surface area contributed by atoms with Crippen molar-refractivity contribution < 1.29 is 13.5 Å². The topological polar surface area (TPSA) is 57.6 Å². The van der Waals surface area contributed by atoms with Crippen molar-refractivity contribution in [3.05, 3.63) is 108 Å². The molecule has 2 fully saturated rings. The average Bonchev–Trinajstić information content (AvgIpc) is 3.30. The van der Waals surface area contributed by atoms with Crippen molar-refractivity contribution in [3.8, 4) is 0 Å². The van der Waals surface area contributed by atoms with Gasteiger partial charge in [0.15, 0.2) is 9.84 Å². The summed E-state index contributed by atoms with van der Waals surface area (Å²) < 4.78 is 26.0. The van der Waals surface area contributed by atoms with Crippen molar-refractivity contribution in [2.75, 3.05) is 24.6 Å². The van der Waals surface area contributed by atoms with Crippen LogP contribution >= 0.6 is 0 Å². The van der Waals surface area contributed by atoms with Crippen molar-refractivity contribution in [2.24, 2.45) is 11.3 Å². The number of sulfone groups is 1. The minimum absolute atomic E-state index is 0.0109. The van der Waals surface area contributed by atoms with Gasteiger partial charge in [0.25, 0.3) is 0 Å². The average molecular weight is 448 g/mol. The lowest BCUT2D eigenvalue weighted by atomic mass is 9.61. The Morgan fingerprint density at radius 1 is 0.906 bits per heavy atom. The fraction of sp³-hybridized carbons (Fsp3) is 0.333. The molecule has 0 amide bonds. The Balaban J connectivity index is 1.66. The van der Waals surface area contributed by atoms with Gasteiger partial charge in [-0.25, -0.2) is 8.42 Å². The zero-order valence-electron chi connectivity index (χ0n) is 18.3. The van der Waals surface area contributed by atoms with Gasteiger partial charge in [-0.2, -0.15) is 0 Å². The zero-order valence-corrected chi connectivity index (χ0v) is 19.1. The number of nitrogens with zero attached hydrogens (tertiary/aromatic N) is 1. The number of benzene rings is 3. The molecule has 5 heteroatoms. The number of hydrogen-bond donors (Lipinski definition) is 1. The van der Waals surface area contributed by atoms with E-state index >= 15 is 0 Å². The van der Waals surface area contributed by atoms with Gasteiger partial charge in [0.1, 0.15) is 5.60 Å². The van der Waals surface area contributed by atoms with Crippen molar-refractivity contribution in [3.63, 3.8) is 0 Å². The molecule has 0 bridgehead atoms. The van der Waals surface area contributed by atoms with E-state index in [0.717, 1.165) is 11.1 Å². The molecule has 2 aliphatic heterocycles. The van der Waals surface area contributed by atoms with E-state index in [1.54, 1.807) is 0 Å². The first-order valence-electron chi connectivity index (χ1n) is 11.2. The van der Waals surface area contributed by atoms with Gasteiger partial charge >= 0.3 is 0 Å². The van der Waals surface area contributed by atoms with Gasteiger partial charge in [-0.05, 0) is 29.5 Å². The fourth-order valence-electron chi connectivity index (χ4n) is 6.00. The molecule has 0 spiro atoms. The minimum Gasteiger partial charge on any atom is -0.380 e. The molecule has 166 valence electrons. The summed E-state index contributed by atoms with van der Waals surface area (Å²) in [5, 5.41) is 12.6. The van der Waals surface area contributed by atoms with E-state index < -0.39 is 20.9 Å². The Kier molecular flexibility index (Phi) is 5.24. The zero-order chi connectivity index (χ0) is 22.4. The summed E-state index contributed by atoms with van der Waals surface area (Å²) in [6, 6.07) is 29.6. The summed E-state index contributed by atoms with van der Waals surface area (Å²) in [6.45, 7) is 3.34. The van der Waals surface area contributed by atoms with Gasteiger partial charge < -0.3 is 5.11 Å². The van der Waals surface area contributed by atoms with E-state index in [-0.39, 0.29) is 23.5 Å². The normalized spacial score (nSPS) is 26.0. The summed E-state index contributed by atoms with van der Waals surface area (Å²) in [6.07, 6.45) is 0. The molecular weight excluding hydrogens is 418 g/mol. The molecule has 2 saturated heterocycles. The molecule has 3 aromatic carbocycles. The third-order valence-corrected chi connectivity index (χ3v) is 9.45. The summed E-state index contributed by atoms with van der Waals surface area (Å²) in [5.74, 6) is -0.0419. The van der Waals surface area contributed by atoms with E-state index in [0.29, 0.717) is 13.1 Å². The maximum Gasteiger partial charge on any atom is 0.151 e. The Bertz CT molecular complexity index is 1140. The number of rotatable bonds is 5. The van der Waals surface area contributed by atoms with Crippen LogP contribution in [0.3, 0.4) is 0 Å². The van der Waals surface area contributed by atoms with E-state index in [1.165, 1.54) is 5.56 Å². The standard InChI is InChI=1S/C27H29NO3S/c1-21(22-11-5-2-6-12-22)28-17-25-18-32(30,31)20-26(25,19-28)27(29,23-13-7-3-8-14-23)24-15-9-4-10-16-24/h2-16,21,25,29H,17-20H2,1H3/t21-,25-,26-/m1/s1. The number of likely N-dealkylation sites (tertiary alicyclic amines) is 1. The molecule has 4 nitrogen and oxygen atoms in total. The number of aliphatic hydroxyl groups is 1. The maximum absolute atomic E-state index is 13.0. The van der Waals surface area contributed by atoms with Crippen LogP contribution in [0, 0.1) is 11.3 Å². The summed E-state index contributed by atoms with van der Waals surface area (Å²) in [4.78, 5) is 2.35. The van der Waals surface area contributed by atoms with Gasteiger partial charge in [-0.3, -0.25) is 4.90 Å². The van der Waals surface area contributed by atoms with Gasteiger partial charge in [0.2, 0.25) is 0 Å². The highest BCUT2D eigenvalue weighted by atomic mass is 32.2. The van der Waals surface area contributed by atoms with Crippen LogP contribution in [0.2, 0.25) is 0 Å². The van der Waals surface area contributed by atoms with Crippen LogP contribution in [0.5, 0.6) is 0 Å². The molecule has 3 aromatic rings. The van der Waals surface area contributed by atoms with E-state index in [4.69, 9.17) is 0 Å². The molecular formula is C27H29NO3S. The molecule has 0 aliphatic carbocycles. The lowest BCUT2D eigenvalue weighted by Gasteiger charge is -2.46. The first-order chi connectivity index (χ1) is 15.4. The highest BCUT2D eigenvalue weighted by Gasteiger charge is 2.66. The largest absolute Gasteiger partial charge is 0.380 e. The quantitative estimate of drug-likeness (QED) is 0.642. The van der Waals surface area contributed by atoms with Gasteiger partial charge in [0.05, 0.1) is 11.5 Å². The smallest absolute Gasteiger partial charge is 0.151 e. The number of hydrogen-bond acceptors (Lipinski definition) is 4. The Labute approximate surface area is 190 Å².